The fourth-order valence-electron chi connectivity index (χ4n) is 3.11. The second-order valence-corrected chi connectivity index (χ2v) is 8.81. The molecule has 10 nitrogen and oxygen atoms in total. The Morgan fingerprint density at radius 3 is 2.77 bits per heavy atom. The molecule has 1 saturated heterocycles. The number of amides is 2. The number of carbonyl (C=O) groups excluding carboxylic acids is 2. The van der Waals surface area contributed by atoms with E-state index in [4.69, 9.17) is 0 Å². The monoisotopic (exact) mass is 440 g/mol. The summed E-state index contributed by atoms with van der Waals surface area (Å²) in [4.78, 5) is 28.4. The van der Waals surface area contributed by atoms with Crippen molar-refractivity contribution in [3.63, 3.8) is 0 Å². The Bertz CT molecular complexity index is 1190. The van der Waals surface area contributed by atoms with E-state index in [1.54, 1.807) is 35.4 Å². The Balaban J connectivity index is 1.43. The molecule has 0 spiro atoms. The third-order valence-corrected chi connectivity index (χ3v) is 6.58. The van der Waals surface area contributed by atoms with Crippen molar-refractivity contribution in [1.29, 1.82) is 0 Å². The maximum atomic E-state index is 12.8. The first-order valence-corrected chi connectivity index (χ1v) is 11.0. The molecule has 1 aromatic carbocycles. The maximum Gasteiger partial charge on any atom is 0.251 e. The highest BCUT2D eigenvalue weighted by Crippen LogP contribution is 2.18. The molecule has 0 bridgehead atoms. The van der Waals surface area contributed by atoms with Crippen LogP contribution in [0.3, 0.4) is 0 Å². The molecule has 4 rings (SSSR count). The van der Waals surface area contributed by atoms with Crippen LogP contribution in [0.5, 0.6) is 0 Å². The van der Waals surface area contributed by atoms with E-state index < -0.39 is 15.9 Å². The number of hydrogen-bond donors (Lipinski definition) is 2. The van der Waals surface area contributed by atoms with Crippen molar-refractivity contribution in [1.82, 2.24) is 29.7 Å². The van der Waals surface area contributed by atoms with Gasteiger partial charge < -0.3 is 10.6 Å². The van der Waals surface area contributed by atoms with Gasteiger partial charge in [-0.15, -0.1) is 0 Å². The van der Waals surface area contributed by atoms with Gasteiger partial charge in [0.05, 0.1) is 11.4 Å². The van der Waals surface area contributed by atoms with Crippen LogP contribution in [-0.2, 0) is 21.4 Å². The van der Waals surface area contributed by atoms with Crippen molar-refractivity contribution in [3.05, 3.63) is 72.2 Å². The van der Waals surface area contributed by atoms with Crippen molar-refractivity contribution in [2.75, 3.05) is 19.6 Å². The van der Waals surface area contributed by atoms with Crippen molar-refractivity contribution in [2.24, 2.45) is 0 Å². The molecule has 2 aromatic heterocycles. The molecule has 2 amide bonds. The summed E-state index contributed by atoms with van der Waals surface area (Å²) in [6.07, 6.45) is 5.07. The normalized spacial score (nSPS) is 14.8. The van der Waals surface area contributed by atoms with Crippen LogP contribution >= 0.6 is 0 Å². The van der Waals surface area contributed by atoms with Crippen LogP contribution in [0.2, 0.25) is 0 Å². The van der Waals surface area contributed by atoms with E-state index in [-0.39, 0.29) is 42.5 Å². The summed E-state index contributed by atoms with van der Waals surface area (Å²) >= 11 is 0. The molecular formula is C20H20N6O4S. The zero-order chi connectivity index (χ0) is 21.8. The molecule has 3 heterocycles. The van der Waals surface area contributed by atoms with Crippen molar-refractivity contribution < 1.29 is 18.0 Å². The second kappa shape index (κ2) is 8.66. The van der Waals surface area contributed by atoms with Gasteiger partial charge in [0.1, 0.15) is 0 Å². The molecule has 0 atom stereocenters. The highest BCUT2D eigenvalue weighted by molar-refractivity contribution is 7.89. The van der Waals surface area contributed by atoms with Gasteiger partial charge in [-0.2, -0.15) is 9.40 Å². The molecule has 11 heteroatoms. The van der Waals surface area contributed by atoms with E-state index in [0.717, 1.165) is 9.87 Å². The summed E-state index contributed by atoms with van der Waals surface area (Å²) in [5.74, 6) is -0.107. The SMILES string of the molecule is O=C1CN(S(=O)(=O)c2cccc(C(=O)NCc3ccc(-n4cccn4)nc3)c2)CCN1. The molecule has 1 aliphatic rings. The lowest BCUT2D eigenvalue weighted by Crippen LogP contribution is -2.49. The van der Waals surface area contributed by atoms with Gasteiger partial charge in [0.2, 0.25) is 15.9 Å². The van der Waals surface area contributed by atoms with Gasteiger partial charge in [-0.3, -0.25) is 9.59 Å². The van der Waals surface area contributed by atoms with E-state index in [2.05, 4.69) is 20.7 Å². The fraction of sp³-hybridized carbons (Fsp3) is 0.200. The van der Waals surface area contributed by atoms with Gasteiger partial charge in [-0.25, -0.2) is 18.1 Å². The van der Waals surface area contributed by atoms with Gasteiger partial charge in [-0.05, 0) is 35.9 Å². The van der Waals surface area contributed by atoms with Crippen LogP contribution < -0.4 is 10.6 Å². The highest BCUT2D eigenvalue weighted by atomic mass is 32.2. The Labute approximate surface area is 178 Å². The molecule has 31 heavy (non-hydrogen) atoms. The Hall–Kier alpha value is -3.57. The number of piperazine rings is 1. The standard InChI is InChI=1S/C20H20N6O4S/c27-19-14-25(10-8-21-19)31(29,30)17-4-1-3-16(11-17)20(28)23-13-15-5-6-18(22-12-15)26-9-2-7-24-26/h1-7,9,11-12H,8,10,13-14H2,(H,21,27)(H,23,28). The molecule has 160 valence electrons. The molecule has 1 fully saturated rings. The van der Waals surface area contributed by atoms with Crippen LogP contribution in [0.15, 0.2) is 66.0 Å². The molecule has 1 aliphatic heterocycles. The molecule has 0 saturated carbocycles. The van der Waals surface area contributed by atoms with E-state index in [1.807, 2.05) is 6.07 Å². The van der Waals surface area contributed by atoms with Crippen LogP contribution in [0, 0.1) is 0 Å². The fourth-order valence-corrected chi connectivity index (χ4v) is 4.56. The minimum Gasteiger partial charge on any atom is -0.354 e. The van der Waals surface area contributed by atoms with Crippen LogP contribution in [0.4, 0.5) is 0 Å². The third-order valence-electron chi connectivity index (χ3n) is 4.74. The summed E-state index contributed by atoms with van der Waals surface area (Å²) in [6.45, 7) is 0.437. The first-order chi connectivity index (χ1) is 14.9. The number of aromatic nitrogens is 3. The molecule has 3 aromatic rings. The Morgan fingerprint density at radius 1 is 1.19 bits per heavy atom. The van der Waals surface area contributed by atoms with E-state index >= 15 is 0 Å². The number of pyridine rings is 1. The quantitative estimate of drug-likeness (QED) is 0.568. The van der Waals surface area contributed by atoms with E-state index in [1.165, 1.54) is 24.3 Å². The van der Waals surface area contributed by atoms with Gasteiger partial charge in [-0.1, -0.05) is 12.1 Å². The molecule has 0 unspecified atom stereocenters. The Morgan fingerprint density at radius 2 is 2.06 bits per heavy atom. The topological polar surface area (TPSA) is 126 Å². The van der Waals surface area contributed by atoms with Gasteiger partial charge in [0, 0.05) is 43.8 Å². The number of nitrogens with zero attached hydrogens (tertiary/aromatic N) is 4. The van der Waals surface area contributed by atoms with Crippen molar-refractivity contribution >= 4 is 21.8 Å². The maximum absolute atomic E-state index is 12.8. The molecule has 2 N–H and O–H groups in total. The lowest BCUT2D eigenvalue weighted by atomic mass is 10.2. The van der Waals surface area contributed by atoms with Crippen LogP contribution in [0.1, 0.15) is 15.9 Å². The van der Waals surface area contributed by atoms with E-state index in [0.29, 0.717) is 5.82 Å². The van der Waals surface area contributed by atoms with Crippen LogP contribution in [0.25, 0.3) is 5.82 Å². The first kappa shape index (κ1) is 20.7. The minimum atomic E-state index is -3.87. The van der Waals surface area contributed by atoms with E-state index in [9.17, 15) is 18.0 Å². The smallest absolute Gasteiger partial charge is 0.251 e. The summed E-state index contributed by atoms with van der Waals surface area (Å²) in [6, 6.07) is 11.2. The largest absolute Gasteiger partial charge is 0.354 e. The Kier molecular flexibility index (Phi) is 5.78. The van der Waals surface area contributed by atoms with Gasteiger partial charge in [0.15, 0.2) is 5.82 Å². The number of benzene rings is 1. The van der Waals surface area contributed by atoms with Crippen molar-refractivity contribution in [2.45, 2.75) is 11.4 Å². The second-order valence-electron chi connectivity index (χ2n) is 6.87. The van der Waals surface area contributed by atoms with Gasteiger partial charge >= 0.3 is 0 Å². The van der Waals surface area contributed by atoms with Gasteiger partial charge in [0.25, 0.3) is 5.91 Å². The summed E-state index contributed by atoms with van der Waals surface area (Å²) in [7, 11) is -3.87. The summed E-state index contributed by atoms with van der Waals surface area (Å²) < 4.78 is 28.4. The number of rotatable bonds is 6. The summed E-state index contributed by atoms with van der Waals surface area (Å²) in [5, 5.41) is 9.46. The number of sulfonamides is 1. The predicted molar refractivity (Wildman–Crippen MR) is 111 cm³/mol. The average Bonchev–Trinajstić information content (AvgIpc) is 3.33. The molecular weight excluding hydrogens is 420 g/mol. The molecule has 0 aliphatic carbocycles. The number of nitrogens with one attached hydrogen (secondary N) is 2. The number of carbonyl (C=O) groups is 2. The average molecular weight is 440 g/mol. The first-order valence-electron chi connectivity index (χ1n) is 9.53. The van der Waals surface area contributed by atoms with Crippen molar-refractivity contribution in [3.8, 4) is 5.82 Å². The summed E-state index contributed by atoms with van der Waals surface area (Å²) in [5.41, 5.74) is 0.996. The highest BCUT2D eigenvalue weighted by Gasteiger charge is 2.29. The minimum absolute atomic E-state index is 0.0277. The van der Waals surface area contributed by atoms with Crippen LogP contribution in [-0.4, -0.2) is 58.9 Å². The number of hydrogen-bond acceptors (Lipinski definition) is 6. The lowest BCUT2D eigenvalue weighted by Gasteiger charge is -2.26. The lowest BCUT2D eigenvalue weighted by molar-refractivity contribution is -0.122. The zero-order valence-electron chi connectivity index (χ0n) is 16.4. The molecule has 0 radical (unpaired) electrons. The third kappa shape index (κ3) is 4.62. The zero-order valence-corrected chi connectivity index (χ0v) is 17.2. The predicted octanol–water partition coefficient (Wildman–Crippen LogP) is 0.318.